The van der Waals surface area contributed by atoms with Crippen molar-refractivity contribution in [3.05, 3.63) is 65.4 Å². The number of nitrogens with zero attached hydrogens (tertiary/aromatic N) is 3. The Morgan fingerprint density at radius 1 is 0.892 bits per heavy atom. The molecule has 0 fully saturated rings. The van der Waals surface area contributed by atoms with E-state index in [9.17, 15) is 0 Å². The monoisotopic (exact) mass is 506 g/mol. The molecule has 4 aromatic rings. The van der Waals surface area contributed by atoms with Crippen LogP contribution in [0, 0.1) is 5.92 Å². The largest absolute Gasteiger partial charge is 0.494 e. The number of para-hydroxylation sites is 1. The minimum Gasteiger partial charge on any atom is -0.494 e. The van der Waals surface area contributed by atoms with Crippen molar-refractivity contribution in [3.63, 3.8) is 0 Å². The van der Waals surface area contributed by atoms with E-state index in [0.717, 1.165) is 40.9 Å². The molecule has 2 N–H and O–H groups in total. The lowest BCUT2D eigenvalue weighted by Gasteiger charge is -2.07. The molecule has 0 bridgehead atoms. The number of fused-ring (bicyclic) bond motifs is 3. The van der Waals surface area contributed by atoms with Crippen LogP contribution in [0.5, 0.6) is 5.75 Å². The first-order valence-corrected chi connectivity index (χ1v) is 14.1. The molecule has 0 unspecified atom stereocenters. The summed E-state index contributed by atoms with van der Waals surface area (Å²) in [5.74, 6) is 1.97. The fourth-order valence-corrected chi connectivity index (χ4v) is 3.73. The third-order valence-corrected chi connectivity index (χ3v) is 5.88. The van der Waals surface area contributed by atoms with Crippen molar-refractivity contribution >= 4 is 22.4 Å². The summed E-state index contributed by atoms with van der Waals surface area (Å²) in [4.78, 5) is 4.47. The molecule has 5 nitrogen and oxygen atoms in total. The van der Waals surface area contributed by atoms with E-state index >= 15 is 0 Å². The zero-order valence-corrected chi connectivity index (χ0v) is 24.8. The minimum absolute atomic E-state index is 0.361. The molecule has 0 saturated heterocycles. The van der Waals surface area contributed by atoms with Crippen molar-refractivity contribution in [3.8, 4) is 5.75 Å². The minimum atomic E-state index is 0.361. The van der Waals surface area contributed by atoms with Gasteiger partial charge in [-0.1, -0.05) is 117 Å². The molecule has 0 radical (unpaired) electrons. The number of nitrogens with two attached hydrogens (primary N) is 1. The summed E-state index contributed by atoms with van der Waals surface area (Å²) in [7, 11) is 1.64. The van der Waals surface area contributed by atoms with Crippen LogP contribution < -0.4 is 10.5 Å². The van der Waals surface area contributed by atoms with Crippen molar-refractivity contribution in [2.45, 2.75) is 93.9 Å². The Morgan fingerprint density at radius 3 is 2.00 bits per heavy atom. The van der Waals surface area contributed by atoms with Gasteiger partial charge in [0.05, 0.1) is 18.3 Å². The standard InChI is InChI=1S/C20H20N4O.C6H14.C4H10.C2H6/c1-3-13-7-9-14(10-8-13)11-15-12-17-16-5-4-6-18(25-2)19(16)22-20(21)24(17)23-15;1-4-5-6(2)3;1-3-4-2;1-2/h4-10,12H,3,11H2,1-2H3,(H2,21,22);6H,4-5H2,1-3H3;3-4H2,1-2H3;1-2H3. The molecule has 0 atom stereocenters. The number of aryl methyl sites for hydroxylation is 1. The number of aromatic nitrogens is 3. The van der Waals surface area contributed by atoms with Gasteiger partial charge in [0, 0.05) is 11.8 Å². The van der Waals surface area contributed by atoms with E-state index in [1.807, 2.05) is 32.0 Å². The van der Waals surface area contributed by atoms with Crippen LogP contribution in [0.15, 0.2) is 48.5 Å². The molecule has 2 heterocycles. The van der Waals surface area contributed by atoms with Gasteiger partial charge in [-0.2, -0.15) is 9.61 Å². The SMILES string of the molecule is CC.CCCC.CCCC(C)C.CCc1ccc(Cc2cc3c4cccc(OC)c4nc(N)n3n2)cc1. The predicted molar refractivity (Wildman–Crippen MR) is 162 cm³/mol. The van der Waals surface area contributed by atoms with Crippen LogP contribution in [0.4, 0.5) is 5.95 Å². The van der Waals surface area contributed by atoms with Gasteiger partial charge in [0.2, 0.25) is 5.95 Å². The molecule has 37 heavy (non-hydrogen) atoms. The van der Waals surface area contributed by atoms with Crippen molar-refractivity contribution in [2.75, 3.05) is 12.8 Å². The lowest BCUT2D eigenvalue weighted by Crippen LogP contribution is -2.03. The van der Waals surface area contributed by atoms with E-state index in [1.54, 1.807) is 11.6 Å². The zero-order valence-electron chi connectivity index (χ0n) is 24.8. The normalized spacial score (nSPS) is 10.2. The molecule has 0 aliphatic heterocycles. The highest BCUT2D eigenvalue weighted by molar-refractivity contribution is 5.97. The van der Waals surface area contributed by atoms with Crippen molar-refractivity contribution in [2.24, 2.45) is 5.92 Å². The van der Waals surface area contributed by atoms with Crippen molar-refractivity contribution in [1.82, 2.24) is 14.6 Å². The van der Waals surface area contributed by atoms with Gasteiger partial charge in [-0.15, -0.1) is 0 Å². The van der Waals surface area contributed by atoms with E-state index in [4.69, 9.17) is 10.5 Å². The summed E-state index contributed by atoms with van der Waals surface area (Å²) < 4.78 is 7.11. The number of ether oxygens (including phenoxy) is 1. The maximum atomic E-state index is 6.12. The second-order valence-corrected chi connectivity index (χ2v) is 9.29. The Balaban J connectivity index is 0.000000484. The van der Waals surface area contributed by atoms with Crippen molar-refractivity contribution in [1.29, 1.82) is 0 Å². The molecule has 5 heteroatoms. The maximum absolute atomic E-state index is 6.12. The van der Waals surface area contributed by atoms with Crippen molar-refractivity contribution < 1.29 is 4.74 Å². The molecule has 0 aliphatic rings. The third kappa shape index (κ3) is 9.71. The number of rotatable bonds is 7. The fourth-order valence-electron chi connectivity index (χ4n) is 3.73. The first-order chi connectivity index (χ1) is 17.9. The first kappa shape index (κ1) is 31.9. The smallest absolute Gasteiger partial charge is 0.222 e. The van der Waals surface area contributed by atoms with Crippen LogP contribution in [0.2, 0.25) is 0 Å². The summed E-state index contributed by atoms with van der Waals surface area (Å²) in [5.41, 5.74) is 11.4. The molecule has 0 saturated carbocycles. The Hall–Kier alpha value is -3.08. The summed E-state index contributed by atoms with van der Waals surface area (Å²) >= 11 is 0. The summed E-state index contributed by atoms with van der Waals surface area (Å²) in [5, 5.41) is 5.62. The molecule has 0 amide bonds. The van der Waals surface area contributed by atoms with Crippen LogP contribution in [-0.4, -0.2) is 21.7 Å². The lowest BCUT2D eigenvalue weighted by atomic mass is 10.1. The number of unbranched alkanes of at least 4 members (excludes halogenated alkanes) is 1. The summed E-state index contributed by atoms with van der Waals surface area (Å²) in [6.45, 7) is 17.2. The topological polar surface area (TPSA) is 65.4 Å². The Bertz CT molecular complexity index is 1160. The molecular weight excluding hydrogens is 456 g/mol. The highest BCUT2D eigenvalue weighted by atomic mass is 16.5. The maximum Gasteiger partial charge on any atom is 0.222 e. The van der Waals surface area contributed by atoms with Gasteiger partial charge < -0.3 is 10.5 Å². The van der Waals surface area contributed by atoms with E-state index in [1.165, 1.54) is 36.8 Å². The molecule has 0 spiro atoms. The van der Waals surface area contributed by atoms with Crippen LogP contribution in [0.25, 0.3) is 16.4 Å². The van der Waals surface area contributed by atoms with E-state index in [0.29, 0.717) is 11.7 Å². The van der Waals surface area contributed by atoms with Crippen LogP contribution in [-0.2, 0) is 12.8 Å². The zero-order chi connectivity index (χ0) is 27.8. The quantitative estimate of drug-likeness (QED) is 0.272. The molecule has 4 rings (SSSR count). The Kier molecular flexibility index (Phi) is 15.0. The highest BCUT2D eigenvalue weighted by Crippen LogP contribution is 2.29. The van der Waals surface area contributed by atoms with E-state index in [-0.39, 0.29) is 0 Å². The highest BCUT2D eigenvalue weighted by Gasteiger charge is 2.13. The number of methoxy groups -OCH3 is 1. The number of benzene rings is 2. The second kappa shape index (κ2) is 17.4. The van der Waals surface area contributed by atoms with Gasteiger partial charge in [0.15, 0.2) is 0 Å². The Morgan fingerprint density at radius 2 is 1.51 bits per heavy atom. The number of hydrogen-bond donors (Lipinski definition) is 1. The van der Waals surface area contributed by atoms with E-state index in [2.05, 4.69) is 82.0 Å². The third-order valence-electron chi connectivity index (χ3n) is 5.88. The van der Waals surface area contributed by atoms with Gasteiger partial charge in [0.25, 0.3) is 0 Å². The number of nitrogen functional groups attached to an aromatic ring is 1. The van der Waals surface area contributed by atoms with E-state index < -0.39 is 0 Å². The second-order valence-electron chi connectivity index (χ2n) is 9.29. The van der Waals surface area contributed by atoms with Gasteiger partial charge in [-0.25, -0.2) is 4.98 Å². The average molecular weight is 507 g/mol. The van der Waals surface area contributed by atoms with Gasteiger partial charge in [0.1, 0.15) is 11.3 Å². The number of hydrogen-bond acceptors (Lipinski definition) is 4. The first-order valence-electron chi connectivity index (χ1n) is 14.1. The Labute approximate surface area is 225 Å². The molecule has 0 aliphatic carbocycles. The van der Waals surface area contributed by atoms with Gasteiger partial charge in [-0.05, 0) is 35.6 Å². The fraction of sp³-hybridized carbons (Fsp3) is 0.500. The molecule has 204 valence electrons. The van der Waals surface area contributed by atoms with Crippen LogP contribution in [0.1, 0.15) is 97.9 Å². The predicted octanol–water partition coefficient (Wildman–Crippen LogP) is 8.90. The van der Waals surface area contributed by atoms with Crippen LogP contribution in [0.3, 0.4) is 0 Å². The lowest BCUT2D eigenvalue weighted by molar-refractivity contribution is 0.419. The molecule has 2 aromatic carbocycles. The van der Waals surface area contributed by atoms with Gasteiger partial charge >= 0.3 is 0 Å². The molecular formula is C32H50N4O. The summed E-state index contributed by atoms with van der Waals surface area (Å²) in [6.07, 6.45) is 7.15. The van der Waals surface area contributed by atoms with Gasteiger partial charge in [-0.3, -0.25) is 0 Å². The average Bonchev–Trinajstić information content (AvgIpc) is 3.35. The molecule has 2 aromatic heterocycles. The summed E-state index contributed by atoms with van der Waals surface area (Å²) in [6, 6.07) is 16.6. The number of anilines is 1. The van der Waals surface area contributed by atoms with Crippen LogP contribution >= 0.6 is 0 Å².